The van der Waals surface area contributed by atoms with E-state index < -0.39 is 6.10 Å². The highest BCUT2D eigenvalue weighted by Crippen LogP contribution is 2.21. The minimum absolute atomic E-state index is 0.218. The highest BCUT2D eigenvalue weighted by molar-refractivity contribution is 5.33. The van der Waals surface area contributed by atoms with E-state index in [1.165, 1.54) is 5.56 Å². The van der Waals surface area contributed by atoms with Gasteiger partial charge in [0.1, 0.15) is 24.2 Å². The molecule has 0 saturated heterocycles. The topological polar surface area (TPSA) is 38.7 Å². The van der Waals surface area contributed by atoms with Crippen LogP contribution in [0.25, 0.3) is 0 Å². The third kappa shape index (κ3) is 3.73. The quantitative estimate of drug-likeness (QED) is 0.895. The predicted molar refractivity (Wildman–Crippen MR) is 74.6 cm³/mol. The average Bonchev–Trinajstić information content (AvgIpc) is 2.46. The molecule has 0 bridgehead atoms. The van der Waals surface area contributed by atoms with Crippen molar-refractivity contribution >= 4 is 0 Å². The molecule has 100 valence electrons. The molecule has 0 aliphatic carbocycles. The average molecular weight is 258 g/mol. The summed E-state index contributed by atoms with van der Waals surface area (Å²) in [6, 6.07) is 15.1. The summed E-state index contributed by atoms with van der Waals surface area (Å²) < 4.78 is 10.7. The number of benzene rings is 2. The molecule has 2 aromatic rings. The van der Waals surface area contributed by atoms with Crippen molar-refractivity contribution in [2.45, 2.75) is 13.0 Å². The highest BCUT2D eigenvalue weighted by Gasteiger charge is 2.08. The summed E-state index contributed by atoms with van der Waals surface area (Å²) in [6.45, 7) is 2.24. The number of aliphatic hydroxyl groups excluding tert-OH is 1. The first-order chi connectivity index (χ1) is 9.19. The van der Waals surface area contributed by atoms with E-state index in [9.17, 15) is 5.11 Å². The largest absolute Gasteiger partial charge is 0.497 e. The summed E-state index contributed by atoms with van der Waals surface area (Å²) in [7, 11) is 1.61. The van der Waals surface area contributed by atoms with Crippen LogP contribution in [0.5, 0.6) is 11.5 Å². The Labute approximate surface area is 113 Å². The molecule has 19 heavy (non-hydrogen) atoms. The second kappa shape index (κ2) is 6.25. The van der Waals surface area contributed by atoms with E-state index in [1.807, 2.05) is 49.4 Å². The van der Waals surface area contributed by atoms with Gasteiger partial charge in [0.25, 0.3) is 0 Å². The van der Waals surface area contributed by atoms with Crippen LogP contribution < -0.4 is 9.47 Å². The van der Waals surface area contributed by atoms with E-state index in [0.717, 1.165) is 11.3 Å². The number of hydrogen-bond acceptors (Lipinski definition) is 3. The number of aliphatic hydroxyl groups is 1. The lowest BCUT2D eigenvalue weighted by atomic mass is 10.1. The molecule has 0 aliphatic heterocycles. The van der Waals surface area contributed by atoms with E-state index in [1.54, 1.807) is 13.2 Å². The van der Waals surface area contributed by atoms with Gasteiger partial charge in [-0.3, -0.25) is 0 Å². The minimum atomic E-state index is -0.633. The molecule has 0 radical (unpaired) electrons. The predicted octanol–water partition coefficient (Wildman–Crippen LogP) is 3.12. The molecule has 0 aliphatic rings. The lowest BCUT2D eigenvalue weighted by molar-refractivity contribution is 0.108. The molecule has 0 aromatic heterocycles. The summed E-state index contributed by atoms with van der Waals surface area (Å²) in [5.74, 6) is 1.42. The van der Waals surface area contributed by atoms with Crippen molar-refractivity contribution in [3.63, 3.8) is 0 Å². The number of ether oxygens (including phenoxy) is 2. The van der Waals surface area contributed by atoms with E-state index in [2.05, 4.69) is 0 Å². The van der Waals surface area contributed by atoms with Gasteiger partial charge in [0.15, 0.2) is 0 Å². The molecule has 2 rings (SSSR count). The fourth-order valence-corrected chi connectivity index (χ4v) is 1.75. The number of hydrogen-bond donors (Lipinski definition) is 1. The lowest BCUT2D eigenvalue weighted by Gasteiger charge is -2.13. The Morgan fingerprint density at radius 1 is 1.05 bits per heavy atom. The summed E-state index contributed by atoms with van der Waals surface area (Å²) in [6.07, 6.45) is -0.633. The van der Waals surface area contributed by atoms with E-state index >= 15 is 0 Å². The molecule has 3 heteroatoms. The zero-order valence-corrected chi connectivity index (χ0v) is 11.2. The van der Waals surface area contributed by atoms with Gasteiger partial charge in [-0.25, -0.2) is 0 Å². The monoisotopic (exact) mass is 258 g/mol. The Hall–Kier alpha value is -2.00. The number of aryl methyl sites for hydroxylation is 1. The van der Waals surface area contributed by atoms with Gasteiger partial charge >= 0.3 is 0 Å². The molecule has 0 heterocycles. The maximum Gasteiger partial charge on any atom is 0.123 e. The third-order valence-electron chi connectivity index (χ3n) is 2.91. The van der Waals surface area contributed by atoms with Crippen molar-refractivity contribution in [2.24, 2.45) is 0 Å². The first kappa shape index (κ1) is 13.4. The Balaban J connectivity index is 1.96. The maximum absolute atomic E-state index is 10.0. The van der Waals surface area contributed by atoms with Crippen LogP contribution >= 0.6 is 0 Å². The van der Waals surface area contributed by atoms with Gasteiger partial charge in [-0.05, 0) is 24.6 Å². The van der Waals surface area contributed by atoms with Gasteiger partial charge in [0.2, 0.25) is 0 Å². The van der Waals surface area contributed by atoms with Crippen LogP contribution in [0.1, 0.15) is 17.2 Å². The Morgan fingerprint density at radius 3 is 2.42 bits per heavy atom. The van der Waals surface area contributed by atoms with Gasteiger partial charge < -0.3 is 14.6 Å². The Bertz CT molecular complexity index is 520. The molecule has 1 N–H and O–H groups in total. The number of methoxy groups -OCH3 is 1. The fraction of sp³-hybridized carbons (Fsp3) is 0.250. The molecular weight excluding hydrogens is 240 g/mol. The van der Waals surface area contributed by atoms with Gasteiger partial charge in [0, 0.05) is 6.07 Å². The van der Waals surface area contributed by atoms with Crippen molar-refractivity contribution < 1.29 is 14.6 Å². The van der Waals surface area contributed by atoms with Crippen LogP contribution in [0, 0.1) is 6.92 Å². The van der Waals surface area contributed by atoms with Crippen LogP contribution in [0.4, 0.5) is 0 Å². The molecular formula is C16H18O3. The molecule has 0 spiro atoms. The van der Waals surface area contributed by atoms with E-state index in [0.29, 0.717) is 5.75 Å². The fourth-order valence-electron chi connectivity index (χ4n) is 1.75. The summed E-state index contributed by atoms with van der Waals surface area (Å²) in [5, 5.41) is 10.0. The van der Waals surface area contributed by atoms with E-state index in [4.69, 9.17) is 9.47 Å². The van der Waals surface area contributed by atoms with Crippen molar-refractivity contribution in [1.29, 1.82) is 0 Å². The van der Waals surface area contributed by atoms with Crippen molar-refractivity contribution in [2.75, 3.05) is 13.7 Å². The maximum atomic E-state index is 10.0. The molecule has 0 amide bonds. The van der Waals surface area contributed by atoms with Crippen molar-refractivity contribution in [3.05, 3.63) is 59.7 Å². The first-order valence-electron chi connectivity index (χ1n) is 6.20. The second-order valence-electron chi connectivity index (χ2n) is 4.42. The lowest BCUT2D eigenvalue weighted by Crippen LogP contribution is -2.09. The van der Waals surface area contributed by atoms with Crippen LogP contribution in [0.3, 0.4) is 0 Å². The van der Waals surface area contributed by atoms with Crippen LogP contribution in [-0.2, 0) is 0 Å². The van der Waals surface area contributed by atoms with Crippen LogP contribution in [-0.4, -0.2) is 18.8 Å². The van der Waals surface area contributed by atoms with Gasteiger partial charge in [-0.2, -0.15) is 0 Å². The molecule has 3 nitrogen and oxygen atoms in total. The van der Waals surface area contributed by atoms with Gasteiger partial charge in [-0.1, -0.05) is 35.9 Å². The SMILES string of the molecule is COc1cccc(OCC(O)c2ccc(C)cc2)c1. The van der Waals surface area contributed by atoms with Crippen molar-refractivity contribution in [3.8, 4) is 11.5 Å². The first-order valence-corrected chi connectivity index (χ1v) is 6.20. The summed E-state index contributed by atoms with van der Waals surface area (Å²) >= 11 is 0. The van der Waals surface area contributed by atoms with E-state index in [-0.39, 0.29) is 6.61 Å². The smallest absolute Gasteiger partial charge is 0.123 e. The van der Waals surface area contributed by atoms with Crippen LogP contribution in [0.15, 0.2) is 48.5 Å². The zero-order valence-electron chi connectivity index (χ0n) is 11.2. The minimum Gasteiger partial charge on any atom is -0.497 e. The normalized spacial score (nSPS) is 11.9. The molecule has 1 unspecified atom stereocenters. The molecule has 0 fully saturated rings. The Morgan fingerprint density at radius 2 is 1.74 bits per heavy atom. The zero-order chi connectivity index (χ0) is 13.7. The highest BCUT2D eigenvalue weighted by atomic mass is 16.5. The standard InChI is InChI=1S/C16H18O3/c1-12-6-8-13(9-7-12)16(17)11-19-15-5-3-4-14(10-15)18-2/h3-10,16-17H,11H2,1-2H3. The number of rotatable bonds is 5. The Kier molecular flexibility index (Phi) is 4.42. The summed E-state index contributed by atoms with van der Waals surface area (Å²) in [5.41, 5.74) is 2.03. The van der Waals surface area contributed by atoms with Gasteiger partial charge in [-0.15, -0.1) is 0 Å². The summed E-state index contributed by atoms with van der Waals surface area (Å²) in [4.78, 5) is 0. The second-order valence-corrected chi connectivity index (χ2v) is 4.42. The van der Waals surface area contributed by atoms with Gasteiger partial charge in [0.05, 0.1) is 7.11 Å². The molecule has 0 saturated carbocycles. The third-order valence-corrected chi connectivity index (χ3v) is 2.91. The van der Waals surface area contributed by atoms with Crippen LogP contribution in [0.2, 0.25) is 0 Å². The molecule has 2 aromatic carbocycles. The van der Waals surface area contributed by atoms with Crippen molar-refractivity contribution in [1.82, 2.24) is 0 Å². The molecule has 1 atom stereocenters.